The van der Waals surface area contributed by atoms with Gasteiger partial charge in [0.05, 0.1) is 30.1 Å². The molecule has 0 aliphatic heterocycles. The minimum atomic E-state index is -0.417. The highest BCUT2D eigenvalue weighted by molar-refractivity contribution is 5.98. The molecule has 0 atom stereocenters. The molecule has 106 valence electrons. The molecule has 21 heavy (non-hydrogen) atoms. The van der Waals surface area contributed by atoms with Crippen LogP contribution >= 0.6 is 0 Å². The second-order valence-corrected chi connectivity index (χ2v) is 4.53. The van der Waals surface area contributed by atoms with E-state index in [1.807, 2.05) is 31.3 Å². The Bertz CT molecular complexity index is 810. The van der Waals surface area contributed by atoms with Crippen LogP contribution in [0.15, 0.2) is 42.7 Å². The van der Waals surface area contributed by atoms with Gasteiger partial charge in [-0.2, -0.15) is 5.10 Å². The van der Waals surface area contributed by atoms with Crippen LogP contribution in [-0.2, 0) is 11.8 Å². The fourth-order valence-corrected chi connectivity index (χ4v) is 2.22. The molecule has 3 rings (SSSR count). The lowest BCUT2D eigenvalue weighted by atomic mass is 10.2. The van der Waals surface area contributed by atoms with Crippen LogP contribution < -0.4 is 5.32 Å². The minimum absolute atomic E-state index is 0.417. The molecule has 0 bridgehead atoms. The molecular formula is C15H14N4O2. The summed E-state index contributed by atoms with van der Waals surface area (Å²) in [5.74, 6) is 0.256. The molecule has 2 aromatic heterocycles. The molecule has 0 saturated carbocycles. The van der Waals surface area contributed by atoms with Gasteiger partial charge in [0, 0.05) is 18.6 Å². The number of rotatable bonds is 3. The summed E-state index contributed by atoms with van der Waals surface area (Å²) in [5, 5.41) is 8.57. The Labute approximate surface area is 121 Å². The maximum absolute atomic E-state index is 11.8. The number of para-hydroxylation sites is 1. The van der Waals surface area contributed by atoms with Gasteiger partial charge in [-0.3, -0.25) is 9.67 Å². The lowest BCUT2D eigenvalue weighted by Crippen LogP contribution is -2.06. The van der Waals surface area contributed by atoms with Gasteiger partial charge in [0.25, 0.3) is 0 Å². The first kappa shape index (κ1) is 13.1. The summed E-state index contributed by atoms with van der Waals surface area (Å²) in [7, 11) is 3.22. The third kappa shape index (κ3) is 2.31. The lowest BCUT2D eigenvalue weighted by molar-refractivity contribution is 0.0602. The van der Waals surface area contributed by atoms with Gasteiger partial charge in [-0.25, -0.2) is 4.79 Å². The molecule has 0 spiro atoms. The van der Waals surface area contributed by atoms with Gasteiger partial charge in [0.15, 0.2) is 5.82 Å². The number of pyridine rings is 1. The van der Waals surface area contributed by atoms with Crippen molar-refractivity contribution in [3.05, 3.63) is 48.3 Å². The smallest absolute Gasteiger partial charge is 0.340 e. The quantitative estimate of drug-likeness (QED) is 0.747. The van der Waals surface area contributed by atoms with E-state index in [4.69, 9.17) is 4.74 Å². The Morgan fingerprint density at radius 3 is 2.90 bits per heavy atom. The van der Waals surface area contributed by atoms with Crippen molar-refractivity contribution in [3.8, 4) is 0 Å². The van der Waals surface area contributed by atoms with Crippen molar-refractivity contribution in [1.82, 2.24) is 14.8 Å². The van der Waals surface area contributed by atoms with E-state index < -0.39 is 5.97 Å². The van der Waals surface area contributed by atoms with E-state index in [-0.39, 0.29) is 0 Å². The molecule has 0 aliphatic carbocycles. The molecule has 0 fully saturated rings. The lowest BCUT2D eigenvalue weighted by Gasteiger charge is -2.08. The van der Waals surface area contributed by atoms with Crippen LogP contribution in [0.1, 0.15) is 10.4 Å². The van der Waals surface area contributed by atoms with E-state index in [9.17, 15) is 4.79 Å². The van der Waals surface area contributed by atoms with Crippen molar-refractivity contribution < 1.29 is 9.53 Å². The molecule has 0 unspecified atom stereocenters. The number of carbonyl (C=O) groups excluding carboxylic acids is 1. The predicted molar refractivity (Wildman–Crippen MR) is 79.6 cm³/mol. The molecule has 6 heteroatoms. The largest absolute Gasteiger partial charge is 0.465 e. The molecule has 0 saturated heterocycles. The molecule has 0 radical (unpaired) electrons. The van der Waals surface area contributed by atoms with Gasteiger partial charge in [0.1, 0.15) is 0 Å². The maximum atomic E-state index is 11.8. The average molecular weight is 282 g/mol. The molecule has 3 aromatic rings. The van der Waals surface area contributed by atoms with E-state index >= 15 is 0 Å². The zero-order chi connectivity index (χ0) is 14.8. The topological polar surface area (TPSA) is 69.0 Å². The molecule has 1 N–H and O–H groups in total. The summed E-state index contributed by atoms with van der Waals surface area (Å²) in [4.78, 5) is 15.8. The molecule has 2 heterocycles. The number of benzene rings is 1. The second-order valence-electron chi connectivity index (χ2n) is 4.53. The van der Waals surface area contributed by atoms with E-state index in [1.165, 1.54) is 7.11 Å². The maximum Gasteiger partial charge on any atom is 0.340 e. The van der Waals surface area contributed by atoms with Crippen LogP contribution in [0.5, 0.6) is 0 Å². The monoisotopic (exact) mass is 282 g/mol. The number of aryl methyl sites for hydroxylation is 1. The molecule has 0 aliphatic rings. The van der Waals surface area contributed by atoms with Crippen LogP contribution in [0, 0.1) is 0 Å². The first-order chi connectivity index (χ1) is 10.2. The van der Waals surface area contributed by atoms with Crippen LogP contribution in [-0.4, -0.2) is 27.8 Å². The number of methoxy groups -OCH3 is 1. The number of fused-ring (bicyclic) bond motifs is 1. The average Bonchev–Trinajstić information content (AvgIpc) is 2.84. The Balaban J connectivity index is 2.05. The highest BCUT2D eigenvalue weighted by atomic mass is 16.5. The number of esters is 1. The van der Waals surface area contributed by atoms with Crippen LogP contribution in [0.3, 0.4) is 0 Å². The molecule has 1 aromatic carbocycles. The summed E-state index contributed by atoms with van der Waals surface area (Å²) in [5.41, 5.74) is 1.99. The minimum Gasteiger partial charge on any atom is -0.465 e. The van der Waals surface area contributed by atoms with E-state index in [2.05, 4.69) is 15.4 Å². The van der Waals surface area contributed by atoms with E-state index in [1.54, 1.807) is 23.1 Å². The molecule has 0 amide bonds. The number of hydrogen-bond donors (Lipinski definition) is 1. The number of nitrogens with one attached hydrogen (secondary N) is 1. The number of nitrogens with zero attached hydrogens (tertiary/aromatic N) is 3. The van der Waals surface area contributed by atoms with Gasteiger partial charge in [-0.15, -0.1) is 0 Å². The Morgan fingerprint density at radius 2 is 2.10 bits per heavy atom. The predicted octanol–water partition coefficient (Wildman–Crippen LogP) is 2.50. The van der Waals surface area contributed by atoms with Crippen LogP contribution in [0.25, 0.3) is 10.9 Å². The Kier molecular flexibility index (Phi) is 3.27. The summed E-state index contributed by atoms with van der Waals surface area (Å²) < 4.78 is 6.56. The number of hydrogen-bond acceptors (Lipinski definition) is 5. The van der Waals surface area contributed by atoms with Crippen LogP contribution in [0.4, 0.5) is 11.5 Å². The van der Waals surface area contributed by atoms with Crippen molar-refractivity contribution in [1.29, 1.82) is 0 Å². The fraction of sp³-hybridized carbons (Fsp3) is 0.133. The SMILES string of the molecule is COC(=O)c1ccncc1Nc1nn(C)c2ccccc12. The van der Waals surface area contributed by atoms with Gasteiger partial charge < -0.3 is 10.1 Å². The standard InChI is InChI=1S/C15H14N4O2/c1-19-13-6-4-3-5-11(13)14(18-19)17-12-9-16-8-7-10(12)15(20)21-2/h3-9H,1-2H3,(H,17,18). The number of ether oxygens (including phenoxy) is 1. The third-order valence-corrected chi connectivity index (χ3v) is 3.24. The fourth-order valence-electron chi connectivity index (χ4n) is 2.22. The molecular weight excluding hydrogens is 268 g/mol. The highest BCUT2D eigenvalue weighted by Crippen LogP contribution is 2.26. The summed E-state index contributed by atoms with van der Waals surface area (Å²) in [6.45, 7) is 0. The zero-order valence-electron chi connectivity index (χ0n) is 11.7. The van der Waals surface area contributed by atoms with E-state index in [0.29, 0.717) is 17.1 Å². The Morgan fingerprint density at radius 1 is 1.29 bits per heavy atom. The van der Waals surface area contributed by atoms with Crippen molar-refractivity contribution in [2.24, 2.45) is 7.05 Å². The number of carbonyl (C=O) groups is 1. The van der Waals surface area contributed by atoms with Crippen molar-refractivity contribution in [2.75, 3.05) is 12.4 Å². The second kappa shape index (κ2) is 5.24. The van der Waals surface area contributed by atoms with Gasteiger partial charge in [-0.05, 0) is 18.2 Å². The highest BCUT2D eigenvalue weighted by Gasteiger charge is 2.14. The normalized spacial score (nSPS) is 10.6. The van der Waals surface area contributed by atoms with Gasteiger partial charge >= 0.3 is 5.97 Å². The van der Waals surface area contributed by atoms with Gasteiger partial charge in [0.2, 0.25) is 0 Å². The summed E-state index contributed by atoms with van der Waals surface area (Å²) in [6.07, 6.45) is 3.13. The zero-order valence-corrected chi connectivity index (χ0v) is 11.7. The van der Waals surface area contributed by atoms with E-state index in [0.717, 1.165) is 10.9 Å². The summed E-state index contributed by atoms with van der Waals surface area (Å²) in [6, 6.07) is 9.47. The Hall–Kier alpha value is -2.89. The summed E-state index contributed by atoms with van der Waals surface area (Å²) >= 11 is 0. The van der Waals surface area contributed by atoms with Crippen LogP contribution in [0.2, 0.25) is 0 Å². The third-order valence-electron chi connectivity index (χ3n) is 3.24. The van der Waals surface area contributed by atoms with Crippen molar-refractivity contribution >= 4 is 28.4 Å². The first-order valence-corrected chi connectivity index (χ1v) is 6.42. The van der Waals surface area contributed by atoms with Crippen molar-refractivity contribution in [3.63, 3.8) is 0 Å². The van der Waals surface area contributed by atoms with Gasteiger partial charge in [-0.1, -0.05) is 12.1 Å². The molecule has 6 nitrogen and oxygen atoms in total. The number of anilines is 2. The first-order valence-electron chi connectivity index (χ1n) is 6.42. The number of aromatic nitrogens is 3. The van der Waals surface area contributed by atoms with Crippen molar-refractivity contribution in [2.45, 2.75) is 0 Å².